The van der Waals surface area contributed by atoms with Crippen molar-refractivity contribution in [2.75, 3.05) is 19.7 Å². The number of carbonyl (C=O) groups is 1. The van der Waals surface area contributed by atoms with Crippen LogP contribution in [0.25, 0.3) is 27.8 Å². The number of nitrogens with zero attached hydrogens (tertiary/aromatic N) is 4. The van der Waals surface area contributed by atoms with E-state index >= 15 is 0 Å². The van der Waals surface area contributed by atoms with Gasteiger partial charge in [-0.15, -0.1) is 0 Å². The Morgan fingerprint density at radius 1 is 1.12 bits per heavy atom. The highest BCUT2D eigenvalue weighted by Crippen LogP contribution is 2.34. The number of hydrogen-bond donors (Lipinski definition) is 1. The van der Waals surface area contributed by atoms with Crippen LogP contribution in [0.15, 0.2) is 67.1 Å². The molecule has 8 heteroatoms. The predicted octanol–water partition coefficient (Wildman–Crippen LogP) is 5.12. The summed E-state index contributed by atoms with van der Waals surface area (Å²) >= 11 is 6.44. The number of halogens is 1. The molecular weight excluding hydrogens is 428 g/mol. The van der Waals surface area contributed by atoms with E-state index in [0.29, 0.717) is 24.8 Å². The van der Waals surface area contributed by atoms with Gasteiger partial charge in [0.05, 0.1) is 6.61 Å². The van der Waals surface area contributed by atoms with Crippen LogP contribution in [0.5, 0.6) is 5.75 Å². The summed E-state index contributed by atoms with van der Waals surface area (Å²) in [7, 11) is 0. The summed E-state index contributed by atoms with van der Waals surface area (Å²) in [5, 5.41) is 9.49. The van der Waals surface area contributed by atoms with Crippen LogP contribution in [0.4, 0.5) is 4.79 Å². The van der Waals surface area contributed by atoms with Crippen LogP contribution in [0, 0.1) is 5.92 Å². The van der Waals surface area contributed by atoms with E-state index in [1.165, 1.54) is 11.2 Å². The highest BCUT2D eigenvalue weighted by molar-refractivity contribution is 6.34. The van der Waals surface area contributed by atoms with Crippen LogP contribution >= 0.6 is 11.6 Å². The molecule has 4 aromatic rings. The number of fused-ring (bicyclic) bond motifs is 1. The van der Waals surface area contributed by atoms with E-state index in [0.717, 1.165) is 40.0 Å². The molecule has 0 spiro atoms. The van der Waals surface area contributed by atoms with Crippen molar-refractivity contribution in [3.05, 3.63) is 72.3 Å². The molecule has 1 atom stereocenters. The van der Waals surface area contributed by atoms with Gasteiger partial charge in [0, 0.05) is 36.5 Å². The van der Waals surface area contributed by atoms with Crippen LogP contribution in [-0.4, -0.2) is 50.3 Å². The van der Waals surface area contributed by atoms with E-state index in [9.17, 15) is 4.79 Å². The largest absolute Gasteiger partial charge is 0.493 e. The van der Waals surface area contributed by atoms with Crippen molar-refractivity contribution in [1.29, 1.82) is 0 Å². The number of aromatic nitrogens is 3. The second kappa shape index (κ2) is 8.51. The lowest BCUT2D eigenvalue weighted by molar-refractivity contribution is 0.151. The molecule has 2 aromatic heterocycles. The Morgan fingerprint density at radius 2 is 1.91 bits per heavy atom. The maximum Gasteiger partial charge on any atom is 0.407 e. The number of likely N-dealkylation sites (tertiary alicyclic amines) is 1. The molecule has 0 aliphatic carbocycles. The van der Waals surface area contributed by atoms with Crippen molar-refractivity contribution in [2.24, 2.45) is 5.92 Å². The van der Waals surface area contributed by atoms with Crippen molar-refractivity contribution >= 4 is 28.7 Å². The number of amides is 1. The molecule has 0 bridgehead atoms. The average Bonchev–Trinajstić information content (AvgIpc) is 3.45. The summed E-state index contributed by atoms with van der Waals surface area (Å²) in [5.41, 5.74) is 4.46. The summed E-state index contributed by atoms with van der Waals surface area (Å²) in [6.45, 7) is 1.59. The van der Waals surface area contributed by atoms with Gasteiger partial charge in [-0.3, -0.25) is 0 Å². The summed E-state index contributed by atoms with van der Waals surface area (Å²) in [6, 6.07) is 17.8. The molecule has 1 N–H and O–H groups in total. The van der Waals surface area contributed by atoms with Gasteiger partial charge >= 0.3 is 6.09 Å². The summed E-state index contributed by atoms with van der Waals surface area (Å²) in [6.07, 6.45) is 3.46. The van der Waals surface area contributed by atoms with E-state index in [-0.39, 0.29) is 5.92 Å². The van der Waals surface area contributed by atoms with E-state index in [1.807, 2.05) is 65.4 Å². The minimum absolute atomic E-state index is 0.216. The van der Waals surface area contributed by atoms with Crippen LogP contribution < -0.4 is 4.74 Å². The topological polar surface area (TPSA) is 80.5 Å². The van der Waals surface area contributed by atoms with E-state index < -0.39 is 6.09 Å². The normalized spacial score (nSPS) is 15.9. The van der Waals surface area contributed by atoms with Gasteiger partial charge in [0.15, 0.2) is 5.15 Å². The molecule has 1 amide bonds. The molecule has 2 aromatic carbocycles. The third kappa shape index (κ3) is 3.87. The van der Waals surface area contributed by atoms with E-state index in [4.69, 9.17) is 21.4 Å². The van der Waals surface area contributed by atoms with Crippen LogP contribution in [-0.2, 0) is 0 Å². The van der Waals surface area contributed by atoms with Crippen LogP contribution in [0.2, 0.25) is 5.15 Å². The first kappa shape index (κ1) is 20.3. The summed E-state index contributed by atoms with van der Waals surface area (Å²) < 4.78 is 7.92. The number of carboxylic acid groups (broad SMARTS) is 1. The van der Waals surface area contributed by atoms with Gasteiger partial charge in [-0.25, -0.2) is 14.8 Å². The highest BCUT2D eigenvalue weighted by Gasteiger charge is 2.26. The molecule has 0 radical (unpaired) electrons. The van der Waals surface area contributed by atoms with Crippen molar-refractivity contribution in [2.45, 2.75) is 6.42 Å². The second-order valence-corrected chi connectivity index (χ2v) is 8.19. The number of para-hydroxylation sites is 1. The fraction of sp³-hybridized carbons (Fsp3) is 0.208. The van der Waals surface area contributed by atoms with Gasteiger partial charge in [-0.1, -0.05) is 41.9 Å². The van der Waals surface area contributed by atoms with Gasteiger partial charge < -0.3 is 19.3 Å². The number of hydrogen-bond acceptors (Lipinski definition) is 4. The molecular formula is C24H21ClN4O3. The van der Waals surface area contributed by atoms with Crippen molar-refractivity contribution in [3.8, 4) is 22.6 Å². The Hall–Kier alpha value is -3.58. The fourth-order valence-corrected chi connectivity index (χ4v) is 4.34. The Bertz CT molecular complexity index is 1260. The van der Waals surface area contributed by atoms with Gasteiger partial charge in [0.25, 0.3) is 0 Å². The summed E-state index contributed by atoms with van der Waals surface area (Å²) in [5.74, 6) is 0.968. The molecule has 1 fully saturated rings. The first-order chi connectivity index (χ1) is 15.6. The molecule has 1 aliphatic rings. The molecule has 3 heterocycles. The molecule has 1 aliphatic heterocycles. The molecule has 7 nitrogen and oxygen atoms in total. The van der Waals surface area contributed by atoms with Crippen molar-refractivity contribution in [3.63, 3.8) is 0 Å². The zero-order valence-corrected chi connectivity index (χ0v) is 17.9. The predicted molar refractivity (Wildman–Crippen MR) is 123 cm³/mol. The van der Waals surface area contributed by atoms with Crippen molar-refractivity contribution in [1.82, 2.24) is 19.4 Å². The molecule has 1 unspecified atom stereocenters. The Labute approximate surface area is 189 Å². The number of rotatable bonds is 5. The molecule has 162 valence electrons. The highest BCUT2D eigenvalue weighted by atomic mass is 35.5. The molecule has 5 rings (SSSR count). The maximum atomic E-state index is 11.1. The minimum Gasteiger partial charge on any atom is -0.493 e. The van der Waals surface area contributed by atoms with Gasteiger partial charge in [0.2, 0.25) is 0 Å². The Kier molecular flexibility index (Phi) is 5.41. The Morgan fingerprint density at radius 3 is 2.62 bits per heavy atom. The maximum absolute atomic E-state index is 11.1. The minimum atomic E-state index is -0.865. The van der Waals surface area contributed by atoms with Crippen LogP contribution in [0.3, 0.4) is 0 Å². The lowest BCUT2D eigenvalue weighted by Crippen LogP contribution is -2.27. The smallest absolute Gasteiger partial charge is 0.407 e. The third-order valence-corrected chi connectivity index (χ3v) is 6.05. The van der Waals surface area contributed by atoms with E-state index in [2.05, 4.69) is 9.97 Å². The fourth-order valence-electron chi connectivity index (χ4n) is 4.11. The van der Waals surface area contributed by atoms with Gasteiger partial charge in [-0.05, 0) is 36.2 Å². The van der Waals surface area contributed by atoms with Gasteiger partial charge in [-0.2, -0.15) is 0 Å². The van der Waals surface area contributed by atoms with Crippen molar-refractivity contribution < 1.29 is 14.6 Å². The molecule has 1 saturated heterocycles. The lowest BCUT2D eigenvalue weighted by atomic mass is 10.1. The molecule has 32 heavy (non-hydrogen) atoms. The zero-order chi connectivity index (χ0) is 22.1. The number of ether oxygens (including phenoxy) is 1. The standard InChI is InChI=1S/C24H21ClN4O3/c25-23-22-21(26-15-27-23)20(13-29(22)18-4-2-1-3-5-18)17-6-8-19(9-7-17)32-14-16-10-11-28(12-16)24(30)31/h1-9,13,15-16H,10-12,14H2,(H,30,31). The lowest BCUT2D eigenvalue weighted by Gasteiger charge is -2.13. The first-order valence-electron chi connectivity index (χ1n) is 10.4. The third-order valence-electron chi connectivity index (χ3n) is 5.77. The van der Waals surface area contributed by atoms with Gasteiger partial charge in [0.1, 0.15) is 23.1 Å². The quantitative estimate of drug-likeness (QED) is 0.428. The number of benzene rings is 2. The average molecular weight is 449 g/mol. The Balaban J connectivity index is 1.39. The monoisotopic (exact) mass is 448 g/mol. The van der Waals surface area contributed by atoms with E-state index in [1.54, 1.807) is 0 Å². The summed E-state index contributed by atoms with van der Waals surface area (Å²) in [4.78, 5) is 21.2. The second-order valence-electron chi connectivity index (χ2n) is 7.83. The molecule has 0 saturated carbocycles. The zero-order valence-electron chi connectivity index (χ0n) is 17.2. The first-order valence-corrected chi connectivity index (χ1v) is 10.8. The van der Waals surface area contributed by atoms with Crippen LogP contribution in [0.1, 0.15) is 6.42 Å². The SMILES string of the molecule is O=C(O)N1CCC(COc2ccc(-c3cn(-c4ccccc4)c4c(Cl)ncnc34)cc2)C1.